The van der Waals surface area contributed by atoms with Gasteiger partial charge in [-0.1, -0.05) is 36.4 Å². The van der Waals surface area contributed by atoms with Crippen LogP contribution in [0.5, 0.6) is 0 Å². The molecule has 2 aromatic carbocycles. The molecule has 4 aromatic rings. The predicted octanol–water partition coefficient (Wildman–Crippen LogP) is 4.62. The third kappa shape index (κ3) is 5.69. The SMILES string of the molecule is CCOB1OC(C)(C)c2cc(Nc3ncc(-c4nnc(C(C)(C)F)o4)c(N[C@H](CO)c4ccccc4)n3)ccc21. The fourth-order valence-electron chi connectivity index (χ4n) is 4.53. The summed E-state index contributed by atoms with van der Waals surface area (Å²) in [6.07, 6.45) is 1.52. The molecule has 0 spiro atoms. The van der Waals surface area contributed by atoms with Gasteiger partial charge in [0.25, 0.3) is 11.8 Å². The Morgan fingerprint density at radius 1 is 1.15 bits per heavy atom. The van der Waals surface area contributed by atoms with Gasteiger partial charge in [-0.25, -0.2) is 9.37 Å². The van der Waals surface area contributed by atoms with E-state index in [0.29, 0.717) is 23.9 Å². The van der Waals surface area contributed by atoms with Crippen molar-refractivity contribution < 1.29 is 23.2 Å². The summed E-state index contributed by atoms with van der Waals surface area (Å²) in [5, 5.41) is 24.6. The third-order valence-electron chi connectivity index (χ3n) is 6.58. The topological polar surface area (TPSA) is 127 Å². The van der Waals surface area contributed by atoms with E-state index in [-0.39, 0.29) is 18.4 Å². The predicted molar refractivity (Wildman–Crippen MR) is 150 cm³/mol. The second-order valence-corrected chi connectivity index (χ2v) is 10.5. The van der Waals surface area contributed by atoms with Gasteiger partial charge in [-0.2, -0.15) is 4.98 Å². The Hall–Kier alpha value is -3.87. The number of benzene rings is 2. The van der Waals surface area contributed by atoms with Gasteiger partial charge in [-0.3, -0.25) is 0 Å². The zero-order valence-corrected chi connectivity index (χ0v) is 23.1. The van der Waals surface area contributed by atoms with Crippen molar-refractivity contribution in [3.63, 3.8) is 0 Å². The second kappa shape index (κ2) is 11.0. The molecule has 1 aliphatic heterocycles. The highest BCUT2D eigenvalue weighted by Crippen LogP contribution is 2.34. The fourth-order valence-corrected chi connectivity index (χ4v) is 4.53. The van der Waals surface area contributed by atoms with E-state index in [1.54, 1.807) is 0 Å². The number of rotatable bonds is 10. The van der Waals surface area contributed by atoms with Gasteiger partial charge in [0.15, 0.2) is 5.67 Å². The molecule has 3 N–H and O–H groups in total. The molecule has 0 bridgehead atoms. The third-order valence-corrected chi connectivity index (χ3v) is 6.58. The van der Waals surface area contributed by atoms with Gasteiger partial charge in [0.2, 0.25) is 5.95 Å². The van der Waals surface area contributed by atoms with Crippen LogP contribution in [0.3, 0.4) is 0 Å². The maximum absolute atomic E-state index is 14.5. The van der Waals surface area contributed by atoms with Crippen LogP contribution in [0.1, 0.15) is 57.7 Å². The van der Waals surface area contributed by atoms with E-state index in [2.05, 4.69) is 30.8 Å². The van der Waals surface area contributed by atoms with Crippen molar-refractivity contribution in [2.24, 2.45) is 0 Å². The summed E-state index contributed by atoms with van der Waals surface area (Å²) < 4.78 is 32.0. The van der Waals surface area contributed by atoms with Crippen LogP contribution in [0.25, 0.3) is 11.5 Å². The van der Waals surface area contributed by atoms with Crippen LogP contribution in [0.4, 0.5) is 21.8 Å². The molecule has 208 valence electrons. The highest BCUT2D eigenvalue weighted by atomic mass is 19.1. The average Bonchev–Trinajstić information content (AvgIpc) is 3.51. The van der Waals surface area contributed by atoms with Crippen molar-refractivity contribution in [1.82, 2.24) is 20.2 Å². The Bertz CT molecular complexity index is 1480. The molecule has 0 unspecified atom stereocenters. The molecule has 12 heteroatoms. The minimum Gasteiger partial charge on any atom is -0.417 e. The van der Waals surface area contributed by atoms with Gasteiger partial charge in [-0.05, 0) is 63.3 Å². The van der Waals surface area contributed by atoms with Gasteiger partial charge in [0.05, 0.1) is 23.8 Å². The van der Waals surface area contributed by atoms with E-state index in [9.17, 15) is 9.50 Å². The molecule has 0 radical (unpaired) electrons. The maximum atomic E-state index is 14.5. The first kappa shape index (κ1) is 27.7. The van der Waals surface area contributed by atoms with E-state index in [1.807, 2.05) is 69.3 Å². The van der Waals surface area contributed by atoms with Gasteiger partial charge in [0, 0.05) is 18.5 Å². The summed E-state index contributed by atoms with van der Waals surface area (Å²) in [7, 11) is -0.419. The van der Waals surface area contributed by atoms with Crippen molar-refractivity contribution >= 4 is 30.0 Å². The van der Waals surface area contributed by atoms with E-state index in [4.69, 9.17) is 13.7 Å². The highest BCUT2D eigenvalue weighted by molar-refractivity contribution is 6.63. The number of alkyl halides is 1. The Morgan fingerprint density at radius 3 is 2.60 bits per heavy atom. The Balaban J connectivity index is 1.50. The number of aromatic nitrogens is 4. The number of anilines is 3. The fraction of sp³-hybridized carbons (Fsp3) is 0.357. The summed E-state index contributed by atoms with van der Waals surface area (Å²) >= 11 is 0. The van der Waals surface area contributed by atoms with Gasteiger partial charge >= 0.3 is 7.12 Å². The van der Waals surface area contributed by atoms with E-state index < -0.39 is 24.4 Å². The zero-order valence-electron chi connectivity index (χ0n) is 23.1. The lowest BCUT2D eigenvalue weighted by Crippen LogP contribution is -2.32. The van der Waals surface area contributed by atoms with Crippen LogP contribution in [0, 0.1) is 0 Å². The van der Waals surface area contributed by atoms with Crippen LogP contribution >= 0.6 is 0 Å². The molecule has 0 amide bonds. The Kier molecular flexibility index (Phi) is 7.58. The molecule has 1 aliphatic rings. The number of halogens is 1. The van der Waals surface area contributed by atoms with E-state index >= 15 is 0 Å². The molecule has 0 saturated heterocycles. The molecule has 2 aromatic heterocycles. The van der Waals surface area contributed by atoms with Crippen molar-refractivity contribution in [1.29, 1.82) is 0 Å². The van der Waals surface area contributed by atoms with E-state index in [1.165, 1.54) is 20.0 Å². The van der Waals surface area contributed by atoms with Gasteiger partial charge in [0.1, 0.15) is 5.82 Å². The molecule has 0 aliphatic carbocycles. The zero-order chi connectivity index (χ0) is 28.5. The molecule has 10 nitrogen and oxygen atoms in total. The van der Waals surface area contributed by atoms with Crippen molar-refractivity contribution in [3.8, 4) is 11.5 Å². The number of hydrogen-bond acceptors (Lipinski definition) is 10. The first-order valence-electron chi connectivity index (χ1n) is 13.1. The lowest BCUT2D eigenvalue weighted by atomic mass is 9.77. The summed E-state index contributed by atoms with van der Waals surface area (Å²) in [4.78, 5) is 9.14. The number of aliphatic hydroxyl groups excluding tert-OH is 1. The molecule has 0 fully saturated rings. The van der Waals surface area contributed by atoms with Gasteiger partial charge < -0.3 is 29.5 Å². The van der Waals surface area contributed by atoms with Crippen LogP contribution in [-0.2, 0) is 20.6 Å². The lowest BCUT2D eigenvalue weighted by Gasteiger charge is -2.21. The largest absolute Gasteiger partial charge is 0.494 e. The number of fused-ring (bicyclic) bond motifs is 1. The second-order valence-electron chi connectivity index (χ2n) is 10.5. The molecule has 1 atom stereocenters. The normalized spacial score (nSPS) is 15.1. The number of nitrogens with zero attached hydrogens (tertiary/aromatic N) is 4. The smallest absolute Gasteiger partial charge is 0.417 e. The quantitative estimate of drug-likeness (QED) is 0.243. The monoisotopic (exact) mass is 546 g/mol. The molecule has 3 heterocycles. The number of nitrogens with one attached hydrogen (secondary N) is 2. The van der Waals surface area contributed by atoms with E-state index in [0.717, 1.165) is 22.3 Å². The molecule has 40 heavy (non-hydrogen) atoms. The minimum atomic E-state index is -1.81. The average molecular weight is 546 g/mol. The van der Waals surface area contributed by atoms with Crippen molar-refractivity contribution in [2.45, 2.75) is 51.9 Å². The molecule has 5 rings (SSSR count). The Morgan fingerprint density at radius 2 is 1.93 bits per heavy atom. The molecule has 0 saturated carbocycles. The van der Waals surface area contributed by atoms with Crippen molar-refractivity contribution in [3.05, 3.63) is 71.7 Å². The summed E-state index contributed by atoms with van der Waals surface area (Å²) in [6.45, 7) is 8.94. The van der Waals surface area contributed by atoms with Gasteiger partial charge in [-0.15, -0.1) is 10.2 Å². The minimum absolute atomic E-state index is 0.0536. The van der Waals surface area contributed by atoms with Crippen molar-refractivity contribution in [2.75, 3.05) is 23.8 Å². The Labute approximate surface area is 232 Å². The standard InChI is InChI=1S/C28H32BFN6O4/c1-6-38-29-21-13-12-18(14-20(21)28(4,5)40-29)32-26-31-15-19(24-35-36-25(39-24)27(2,3)30)23(34-26)33-22(16-37)17-10-8-7-9-11-17/h7-15,22,37H,6,16H2,1-5H3,(H2,31,32,33,34)/t22-/m1/s1. The first-order valence-corrected chi connectivity index (χ1v) is 13.1. The summed E-state index contributed by atoms with van der Waals surface area (Å²) in [5.74, 6) is 0.511. The first-order chi connectivity index (χ1) is 19.1. The molecular weight excluding hydrogens is 514 g/mol. The highest BCUT2D eigenvalue weighted by Gasteiger charge is 2.42. The summed E-state index contributed by atoms with van der Waals surface area (Å²) in [5.41, 5.74) is 1.61. The lowest BCUT2D eigenvalue weighted by molar-refractivity contribution is 0.0867. The van der Waals surface area contributed by atoms with Crippen LogP contribution in [0.2, 0.25) is 0 Å². The van der Waals surface area contributed by atoms with Crippen LogP contribution in [0.15, 0.2) is 59.1 Å². The summed E-state index contributed by atoms with van der Waals surface area (Å²) in [6, 6.07) is 14.8. The van der Waals surface area contributed by atoms with Crippen LogP contribution in [-0.4, -0.2) is 45.6 Å². The number of hydrogen-bond donors (Lipinski definition) is 3. The number of aliphatic hydroxyl groups is 1. The van der Waals surface area contributed by atoms with Crippen LogP contribution < -0.4 is 16.1 Å². The molecular formula is C28H32BFN6O4. The maximum Gasteiger partial charge on any atom is 0.494 e.